The number of aromatic amines is 1. The third-order valence-electron chi connectivity index (χ3n) is 4.42. The lowest BCUT2D eigenvalue weighted by atomic mass is 10.0. The van der Waals surface area contributed by atoms with Crippen LogP contribution in [0.5, 0.6) is 0 Å². The quantitative estimate of drug-likeness (QED) is 0.693. The van der Waals surface area contributed by atoms with Crippen LogP contribution < -0.4 is 10.6 Å². The fourth-order valence-corrected chi connectivity index (χ4v) is 3.14. The first kappa shape index (κ1) is 14.9. The zero-order chi connectivity index (χ0) is 16.4. The van der Waals surface area contributed by atoms with Gasteiger partial charge < -0.3 is 15.6 Å². The summed E-state index contributed by atoms with van der Waals surface area (Å²) in [7, 11) is 0. The molecule has 2 heterocycles. The van der Waals surface area contributed by atoms with Crippen LogP contribution >= 0.6 is 0 Å². The Labute approximate surface area is 140 Å². The lowest BCUT2D eigenvalue weighted by Crippen LogP contribution is -2.43. The molecule has 0 saturated carbocycles. The monoisotopic (exact) mass is 320 g/mol. The molecule has 0 bridgehead atoms. The Morgan fingerprint density at radius 1 is 1.12 bits per heavy atom. The lowest BCUT2D eigenvalue weighted by Gasteiger charge is -2.22. The Balaban J connectivity index is 1.55. The Kier molecular flexibility index (Phi) is 4.01. The van der Waals surface area contributed by atoms with Gasteiger partial charge in [-0.2, -0.15) is 0 Å². The fourth-order valence-electron chi connectivity index (χ4n) is 3.14. The maximum Gasteiger partial charge on any atom is 0.241 e. The van der Waals surface area contributed by atoms with Gasteiger partial charge in [0.2, 0.25) is 5.91 Å². The minimum atomic E-state index is -0.0893. The molecular weight excluding hydrogens is 300 g/mol. The number of nitrogens with zero attached hydrogens (tertiary/aromatic N) is 1. The van der Waals surface area contributed by atoms with E-state index in [2.05, 4.69) is 20.6 Å². The van der Waals surface area contributed by atoms with E-state index < -0.39 is 0 Å². The molecule has 5 heteroatoms. The van der Waals surface area contributed by atoms with Crippen LogP contribution in [0.3, 0.4) is 0 Å². The molecule has 0 aliphatic carbocycles. The molecule has 5 nitrogen and oxygen atoms in total. The summed E-state index contributed by atoms with van der Waals surface area (Å²) in [5.41, 5.74) is 3.70. The summed E-state index contributed by atoms with van der Waals surface area (Å²) >= 11 is 0. The van der Waals surface area contributed by atoms with E-state index in [1.165, 1.54) is 0 Å². The minimum Gasteiger partial charge on any atom is -0.338 e. The number of aromatic nitrogens is 2. The van der Waals surface area contributed by atoms with Gasteiger partial charge in [-0.15, -0.1) is 0 Å². The van der Waals surface area contributed by atoms with Crippen LogP contribution in [0, 0.1) is 0 Å². The molecule has 0 spiro atoms. The molecule has 1 saturated heterocycles. The molecule has 0 unspecified atom stereocenters. The number of H-pyrrole nitrogens is 1. The van der Waals surface area contributed by atoms with Crippen LogP contribution in [-0.4, -0.2) is 28.5 Å². The summed E-state index contributed by atoms with van der Waals surface area (Å²) in [6.07, 6.45) is 3.14. The normalized spacial score (nSPS) is 17.8. The second kappa shape index (κ2) is 6.45. The predicted molar refractivity (Wildman–Crippen MR) is 95.8 cm³/mol. The van der Waals surface area contributed by atoms with Crippen molar-refractivity contribution in [1.82, 2.24) is 15.3 Å². The van der Waals surface area contributed by atoms with Gasteiger partial charge in [-0.3, -0.25) is 4.79 Å². The predicted octanol–water partition coefficient (Wildman–Crippen LogP) is 3.31. The van der Waals surface area contributed by atoms with Crippen LogP contribution in [0.15, 0.2) is 48.5 Å². The van der Waals surface area contributed by atoms with E-state index in [9.17, 15) is 4.79 Å². The molecule has 1 amide bonds. The number of carbonyl (C=O) groups is 1. The van der Waals surface area contributed by atoms with Crippen molar-refractivity contribution >= 4 is 22.6 Å². The number of para-hydroxylation sites is 2. The summed E-state index contributed by atoms with van der Waals surface area (Å²) in [6, 6.07) is 15.7. The Morgan fingerprint density at radius 2 is 2.04 bits per heavy atom. The van der Waals surface area contributed by atoms with Crippen LogP contribution in [-0.2, 0) is 4.79 Å². The average Bonchev–Trinajstić information content (AvgIpc) is 3.07. The van der Waals surface area contributed by atoms with Crippen molar-refractivity contribution in [2.45, 2.75) is 25.3 Å². The molecule has 1 fully saturated rings. The number of fused-ring (bicyclic) bond motifs is 1. The molecule has 1 aliphatic rings. The highest BCUT2D eigenvalue weighted by atomic mass is 16.2. The van der Waals surface area contributed by atoms with Crippen molar-refractivity contribution < 1.29 is 4.79 Å². The number of carbonyl (C=O) groups excluding carboxylic acids is 1. The number of piperidine rings is 1. The van der Waals surface area contributed by atoms with Crippen LogP contribution in [0.4, 0.5) is 5.69 Å². The van der Waals surface area contributed by atoms with Gasteiger partial charge in [-0.25, -0.2) is 4.98 Å². The summed E-state index contributed by atoms with van der Waals surface area (Å²) in [5.74, 6) is 0.847. The minimum absolute atomic E-state index is 0.0384. The summed E-state index contributed by atoms with van der Waals surface area (Å²) < 4.78 is 0. The number of amides is 1. The molecule has 1 aromatic heterocycles. The summed E-state index contributed by atoms with van der Waals surface area (Å²) in [6.45, 7) is 0.914. The van der Waals surface area contributed by atoms with Crippen molar-refractivity contribution in [1.29, 1.82) is 0 Å². The topological polar surface area (TPSA) is 69.8 Å². The highest BCUT2D eigenvalue weighted by Crippen LogP contribution is 2.23. The number of anilines is 1. The van der Waals surface area contributed by atoms with Gasteiger partial charge in [0.25, 0.3) is 0 Å². The number of hydrogen-bond donors (Lipinski definition) is 3. The number of nitrogens with one attached hydrogen (secondary N) is 3. The van der Waals surface area contributed by atoms with Gasteiger partial charge in [-0.1, -0.05) is 30.7 Å². The molecule has 3 aromatic rings. The molecule has 1 aliphatic heterocycles. The number of benzene rings is 2. The SMILES string of the molecule is O=C(Nc1cccc(-c2nc3ccccc3[nH]2)c1)[C@H]1CCCCN1. The van der Waals surface area contributed by atoms with Crippen molar-refractivity contribution in [3.8, 4) is 11.4 Å². The van der Waals surface area contributed by atoms with Crippen LogP contribution in [0.1, 0.15) is 19.3 Å². The molecule has 3 N–H and O–H groups in total. The highest BCUT2D eigenvalue weighted by molar-refractivity contribution is 5.95. The Bertz CT molecular complexity index is 831. The first-order chi connectivity index (χ1) is 11.8. The lowest BCUT2D eigenvalue weighted by molar-refractivity contribution is -0.118. The zero-order valence-corrected chi connectivity index (χ0v) is 13.4. The molecule has 4 rings (SSSR count). The van der Waals surface area contributed by atoms with Gasteiger partial charge in [0.05, 0.1) is 17.1 Å². The summed E-state index contributed by atoms with van der Waals surface area (Å²) in [4.78, 5) is 20.3. The maximum atomic E-state index is 12.4. The third-order valence-corrected chi connectivity index (χ3v) is 4.42. The van der Waals surface area contributed by atoms with Crippen molar-refractivity contribution in [3.63, 3.8) is 0 Å². The summed E-state index contributed by atoms with van der Waals surface area (Å²) in [5, 5.41) is 6.29. The highest BCUT2D eigenvalue weighted by Gasteiger charge is 2.20. The first-order valence-electron chi connectivity index (χ1n) is 8.39. The fraction of sp³-hybridized carbons (Fsp3) is 0.263. The smallest absolute Gasteiger partial charge is 0.241 e. The second-order valence-corrected chi connectivity index (χ2v) is 6.18. The van der Waals surface area contributed by atoms with Gasteiger partial charge in [0.15, 0.2) is 0 Å². The van der Waals surface area contributed by atoms with Gasteiger partial charge in [0, 0.05) is 11.3 Å². The number of hydrogen-bond acceptors (Lipinski definition) is 3. The van der Waals surface area contributed by atoms with E-state index in [0.29, 0.717) is 0 Å². The molecular formula is C19H20N4O. The van der Waals surface area contributed by atoms with E-state index >= 15 is 0 Å². The Hall–Kier alpha value is -2.66. The molecule has 24 heavy (non-hydrogen) atoms. The van der Waals surface area contributed by atoms with E-state index in [-0.39, 0.29) is 11.9 Å². The molecule has 2 aromatic carbocycles. The van der Waals surface area contributed by atoms with E-state index in [1.54, 1.807) is 0 Å². The zero-order valence-electron chi connectivity index (χ0n) is 13.4. The van der Waals surface area contributed by atoms with Gasteiger partial charge in [-0.05, 0) is 43.7 Å². The maximum absolute atomic E-state index is 12.4. The Morgan fingerprint density at radius 3 is 2.88 bits per heavy atom. The molecule has 122 valence electrons. The number of rotatable bonds is 3. The van der Waals surface area contributed by atoms with E-state index in [0.717, 1.165) is 53.9 Å². The number of imidazole rings is 1. The largest absolute Gasteiger partial charge is 0.338 e. The first-order valence-corrected chi connectivity index (χ1v) is 8.39. The molecule has 0 radical (unpaired) electrons. The van der Waals surface area contributed by atoms with E-state index in [1.807, 2.05) is 48.5 Å². The standard InChI is InChI=1S/C19H20N4O/c24-19(17-10-3-4-11-20-17)21-14-7-5-6-13(12-14)18-22-15-8-1-2-9-16(15)23-18/h1-2,5-9,12,17,20H,3-4,10-11H2,(H,21,24)(H,22,23)/t17-/m1/s1. The second-order valence-electron chi connectivity index (χ2n) is 6.18. The van der Waals surface area contributed by atoms with Crippen molar-refractivity contribution in [2.24, 2.45) is 0 Å². The van der Waals surface area contributed by atoms with E-state index in [4.69, 9.17) is 0 Å². The van der Waals surface area contributed by atoms with Crippen LogP contribution in [0.25, 0.3) is 22.4 Å². The average molecular weight is 320 g/mol. The van der Waals surface area contributed by atoms with Crippen molar-refractivity contribution in [3.05, 3.63) is 48.5 Å². The van der Waals surface area contributed by atoms with Gasteiger partial charge in [0.1, 0.15) is 5.82 Å². The molecule has 1 atom stereocenters. The van der Waals surface area contributed by atoms with Crippen molar-refractivity contribution in [2.75, 3.05) is 11.9 Å². The van der Waals surface area contributed by atoms with Crippen LogP contribution in [0.2, 0.25) is 0 Å². The van der Waals surface area contributed by atoms with Gasteiger partial charge >= 0.3 is 0 Å². The third kappa shape index (κ3) is 3.03.